The zero-order valence-corrected chi connectivity index (χ0v) is 8.91. The lowest BCUT2D eigenvalue weighted by Crippen LogP contribution is -2.24. The predicted molar refractivity (Wildman–Crippen MR) is 57.5 cm³/mol. The van der Waals surface area contributed by atoms with Crippen molar-refractivity contribution in [2.45, 2.75) is 32.1 Å². The third-order valence-electron chi connectivity index (χ3n) is 2.59. The van der Waals surface area contributed by atoms with Crippen LogP contribution in [0.5, 0.6) is 0 Å². The molecule has 1 saturated heterocycles. The van der Waals surface area contributed by atoms with E-state index >= 15 is 0 Å². The van der Waals surface area contributed by atoms with Crippen molar-refractivity contribution in [3.05, 3.63) is 11.8 Å². The maximum atomic E-state index is 10.9. The van der Waals surface area contributed by atoms with Gasteiger partial charge in [0, 0.05) is 19.3 Å². The summed E-state index contributed by atoms with van der Waals surface area (Å²) in [6.07, 6.45) is 7.58. The van der Waals surface area contributed by atoms with Gasteiger partial charge in [-0.2, -0.15) is 5.26 Å². The number of hydrogen-bond donors (Lipinski definition) is 1. The molecule has 4 heteroatoms. The fraction of sp³-hybridized carbons (Fsp3) is 0.636. The van der Waals surface area contributed by atoms with Crippen LogP contribution in [0.4, 0.5) is 0 Å². The van der Waals surface area contributed by atoms with E-state index in [2.05, 4.69) is 0 Å². The molecule has 0 aromatic heterocycles. The van der Waals surface area contributed by atoms with E-state index in [9.17, 15) is 4.79 Å². The van der Waals surface area contributed by atoms with E-state index in [0.29, 0.717) is 0 Å². The Balaban J connectivity index is 2.60. The molecule has 1 fully saturated rings. The number of likely N-dealkylation sites (tertiary alicyclic amines) is 1. The minimum atomic E-state index is -0.639. The Bertz CT molecular complexity index is 283. The number of nitriles is 1. The Hall–Kier alpha value is -1.50. The SMILES string of the molecule is N#C/C(=C/N1CCCCCCC1)C(N)=O. The second kappa shape index (κ2) is 6.07. The Morgan fingerprint density at radius 3 is 2.20 bits per heavy atom. The standard InChI is InChI=1S/C11H17N3O/c12-8-10(11(13)15)9-14-6-4-2-1-3-5-7-14/h9H,1-7H2,(H2,13,15)/b10-9-. The molecule has 0 radical (unpaired) electrons. The molecular formula is C11H17N3O. The summed E-state index contributed by atoms with van der Waals surface area (Å²) in [5.41, 5.74) is 5.13. The Labute approximate surface area is 90.3 Å². The fourth-order valence-corrected chi connectivity index (χ4v) is 1.73. The van der Waals surface area contributed by atoms with E-state index in [1.54, 1.807) is 6.20 Å². The molecule has 0 unspecified atom stereocenters. The molecule has 0 aromatic rings. The number of primary amides is 1. The molecule has 15 heavy (non-hydrogen) atoms. The largest absolute Gasteiger partial charge is 0.376 e. The molecule has 4 nitrogen and oxygen atoms in total. The Morgan fingerprint density at radius 2 is 1.73 bits per heavy atom. The van der Waals surface area contributed by atoms with E-state index in [0.717, 1.165) is 25.9 Å². The van der Waals surface area contributed by atoms with Crippen molar-refractivity contribution in [2.75, 3.05) is 13.1 Å². The van der Waals surface area contributed by atoms with Crippen LogP contribution < -0.4 is 5.73 Å². The molecule has 1 heterocycles. The molecule has 0 aliphatic carbocycles. The first-order valence-corrected chi connectivity index (χ1v) is 5.40. The lowest BCUT2D eigenvalue weighted by atomic mass is 10.1. The van der Waals surface area contributed by atoms with Crippen molar-refractivity contribution < 1.29 is 4.79 Å². The number of amides is 1. The average Bonchev–Trinajstić information content (AvgIpc) is 2.15. The smallest absolute Gasteiger partial charge is 0.260 e. The van der Waals surface area contributed by atoms with Crippen LogP contribution in [0.3, 0.4) is 0 Å². The number of hydrogen-bond acceptors (Lipinski definition) is 3. The van der Waals surface area contributed by atoms with E-state index in [-0.39, 0.29) is 5.57 Å². The minimum absolute atomic E-state index is 0.0515. The number of carbonyl (C=O) groups excluding carboxylic acids is 1. The van der Waals surface area contributed by atoms with Crippen molar-refractivity contribution in [3.8, 4) is 6.07 Å². The van der Waals surface area contributed by atoms with Crippen LogP contribution in [-0.2, 0) is 4.79 Å². The molecule has 0 atom stereocenters. The topological polar surface area (TPSA) is 70.1 Å². The van der Waals surface area contributed by atoms with Crippen LogP contribution >= 0.6 is 0 Å². The van der Waals surface area contributed by atoms with Gasteiger partial charge in [-0.1, -0.05) is 19.3 Å². The van der Waals surface area contributed by atoms with Crippen LogP contribution in [0.1, 0.15) is 32.1 Å². The summed E-state index contributed by atoms with van der Waals surface area (Å²) in [4.78, 5) is 12.9. The highest BCUT2D eigenvalue weighted by atomic mass is 16.1. The van der Waals surface area contributed by atoms with Crippen molar-refractivity contribution in [1.82, 2.24) is 4.90 Å². The average molecular weight is 207 g/mol. The first-order chi connectivity index (χ1) is 7.24. The van der Waals surface area contributed by atoms with Gasteiger partial charge in [-0.3, -0.25) is 4.79 Å². The van der Waals surface area contributed by atoms with Crippen LogP contribution in [0.15, 0.2) is 11.8 Å². The molecule has 0 bridgehead atoms. The first kappa shape index (κ1) is 11.6. The lowest BCUT2D eigenvalue weighted by molar-refractivity contribution is -0.114. The van der Waals surface area contributed by atoms with Crippen LogP contribution in [-0.4, -0.2) is 23.9 Å². The second-order valence-electron chi connectivity index (χ2n) is 3.82. The molecule has 0 spiro atoms. The molecule has 0 saturated carbocycles. The third kappa shape index (κ3) is 4.03. The highest BCUT2D eigenvalue weighted by molar-refractivity contribution is 5.95. The zero-order chi connectivity index (χ0) is 11.1. The number of nitrogens with zero attached hydrogens (tertiary/aromatic N) is 2. The highest BCUT2D eigenvalue weighted by Gasteiger charge is 2.08. The van der Waals surface area contributed by atoms with Crippen LogP contribution in [0, 0.1) is 11.3 Å². The number of nitrogens with two attached hydrogens (primary N) is 1. The summed E-state index contributed by atoms with van der Waals surface area (Å²) in [7, 11) is 0. The summed E-state index contributed by atoms with van der Waals surface area (Å²) in [5, 5.41) is 8.71. The van der Waals surface area contributed by atoms with Gasteiger partial charge in [-0.05, 0) is 12.8 Å². The van der Waals surface area contributed by atoms with E-state index in [1.807, 2.05) is 11.0 Å². The summed E-state index contributed by atoms with van der Waals surface area (Å²) in [6.45, 7) is 1.83. The van der Waals surface area contributed by atoms with Gasteiger partial charge in [0.2, 0.25) is 0 Å². The predicted octanol–water partition coefficient (Wildman–Crippen LogP) is 1.15. The number of rotatable bonds is 2. The van der Waals surface area contributed by atoms with Gasteiger partial charge in [0.1, 0.15) is 11.6 Å². The fourth-order valence-electron chi connectivity index (χ4n) is 1.73. The maximum absolute atomic E-state index is 10.9. The zero-order valence-electron chi connectivity index (χ0n) is 8.91. The van der Waals surface area contributed by atoms with Gasteiger partial charge in [0.05, 0.1) is 0 Å². The maximum Gasteiger partial charge on any atom is 0.260 e. The van der Waals surface area contributed by atoms with Gasteiger partial charge >= 0.3 is 0 Å². The van der Waals surface area contributed by atoms with Crippen molar-refractivity contribution in [2.24, 2.45) is 5.73 Å². The Morgan fingerprint density at radius 1 is 1.20 bits per heavy atom. The molecular weight excluding hydrogens is 190 g/mol. The summed E-state index contributed by atoms with van der Waals surface area (Å²) < 4.78 is 0. The van der Waals surface area contributed by atoms with Crippen molar-refractivity contribution in [3.63, 3.8) is 0 Å². The van der Waals surface area contributed by atoms with E-state index < -0.39 is 5.91 Å². The van der Waals surface area contributed by atoms with Crippen molar-refractivity contribution >= 4 is 5.91 Å². The van der Waals surface area contributed by atoms with Crippen LogP contribution in [0.2, 0.25) is 0 Å². The van der Waals surface area contributed by atoms with Gasteiger partial charge in [0.25, 0.3) is 5.91 Å². The highest BCUT2D eigenvalue weighted by Crippen LogP contribution is 2.11. The summed E-state index contributed by atoms with van der Waals surface area (Å²) >= 11 is 0. The molecule has 0 aromatic carbocycles. The van der Waals surface area contributed by atoms with Gasteiger partial charge in [-0.25, -0.2) is 0 Å². The Kier molecular flexibility index (Phi) is 4.69. The summed E-state index contributed by atoms with van der Waals surface area (Å²) in [5.74, 6) is -0.639. The van der Waals surface area contributed by atoms with Crippen molar-refractivity contribution in [1.29, 1.82) is 5.26 Å². The van der Waals surface area contributed by atoms with Gasteiger partial charge < -0.3 is 10.6 Å². The quantitative estimate of drug-likeness (QED) is 0.545. The normalized spacial score (nSPS) is 18.9. The van der Waals surface area contributed by atoms with Gasteiger partial charge in [-0.15, -0.1) is 0 Å². The number of carbonyl (C=O) groups is 1. The monoisotopic (exact) mass is 207 g/mol. The van der Waals surface area contributed by atoms with Gasteiger partial charge in [0.15, 0.2) is 0 Å². The third-order valence-corrected chi connectivity index (χ3v) is 2.59. The second-order valence-corrected chi connectivity index (χ2v) is 3.82. The first-order valence-electron chi connectivity index (χ1n) is 5.40. The lowest BCUT2D eigenvalue weighted by Gasteiger charge is -2.22. The molecule has 1 rings (SSSR count). The van der Waals surface area contributed by atoms with E-state index in [1.165, 1.54) is 19.3 Å². The molecule has 82 valence electrons. The summed E-state index contributed by atoms with van der Waals surface area (Å²) in [6, 6.07) is 1.83. The minimum Gasteiger partial charge on any atom is -0.376 e. The van der Waals surface area contributed by atoms with Crippen LogP contribution in [0.25, 0.3) is 0 Å². The molecule has 1 aliphatic rings. The molecule has 1 amide bonds. The molecule has 1 aliphatic heterocycles. The van der Waals surface area contributed by atoms with E-state index in [4.69, 9.17) is 11.0 Å². The molecule has 2 N–H and O–H groups in total.